The Bertz CT molecular complexity index is 641. The first-order valence-corrected chi connectivity index (χ1v) is 9.00. The molecule has 1 aliphatic rings. The third-order valence-corrected chi connectivity index (χ3v) is 6.36. The van der Waals surface area contributed by atoms with Crippen LogP contribution in [0.15, 0.2) is 33.6 Å². The Morgan fingerprint density at radius 3 is 2.81 bits per heavy atom. The molecule has 2 N–H and O–H groups in total. The van der Waals surface area contributed by atoms with Crippen LogP contribution in [-0.4, -0.2) is 39.9 Å². The molecule has 2 aromatic rings. The number of thioether (sulfide) groups is 2. The van der Waals surface area contributed by atoms with E-state index in [4.69, 9.17) is 10.5 Å². The largest absolute Gasteiger partial charge is 0.497 e. The molecular weight excluding hydrogens is 324 g/mol. The molecule has 1 atom stereocenters. The van der Waals surface area contributed by atoms with Crippen LogP contribution in [0.4, 0.5) is 5.13 Å². The summed E-state index contributed by atoms with van der Waals surface area (Å²) in [5, 5.41) is 9.92. The number of nitrogens with two attached hydrogens (primary N) is 1. The van der Waals surface area contributed by atoms with Gasteiger partial charge in [-0.05, 0) is 24.3 Å². The molecule has 2 heterocycles. The molecular formula is C13H14N4OS3. The highest BCUT2D eigenvalue weighted by Crippen LogP contribution is 2.32. The van der Waals surface area contributed by atoms with Crippen molar-refractivity contribution in [2.45, 2.75) is 9.59 Å². The van der Waals surface area contributed by atoms with Crippen LogP contribution in [0, 0.1) is 0 Å². The first-order chi connectivity index (χ1) is 10.2. The molecule has 8 heteroatoms. The highest BCUT2D eigenvalue weighted by molar-refractivity contribution is 8.16. The third-order valence-electron chi connectivity index (χ3n) is 2.87. The molecule has 0 fully saturated rings. The van der Waals surface area contributed by atoms with Gasteiger partial charge in [-0.25, -0.2) is 0 Å². The van der Waals surface area contributed by atoms with Gasteiger partial charge in [0.15, 0.2) is 4.34 Å². The van der Waals surface area contributed by atoms with Gasteiger partial charge in [0, 0.05) is 16.6 Å². The lowest BCUT2D eigenvalue weighted by Crippen LogP contribution is -2.06. The minimum Gasteiger partial charge on any atom is -0.497 e. The molecule has 1 aromatic heterocycles. The van der Waals surface area contributed by atoms with E-state index in [9.17, 15) is 0 Å². The summed E-state index contributed by atoms with van der Waals surface area (Å²) in [6, 6.07) is 8.02. The Balaban J connectivity index is 1.54. The summed E-state index contributed by atoms with van der Waals surface area (Å²) in [5.74, 6) is 1.82. The molecule has 110 valence electrons. The number of nitrogen functional groups attached to an aromatic ring is 1. The van der Waals surface area contributed by atoms with Gasteiger partial charge in [0.2, 0.25) is 5.13 Å². The molecule has 1 aromatic carbocycles. The van der Waals surface area contributed by atoms with Crippen LogP contribution < -0.4 is 10.5 Å². The van der Waals surface area contributed by atoms with Gasteiger partial charge in [0.05, 0.1) is 18.7 Å². The van der Waals surface area contributed by atoms with E-state index < -0.39 is 0 Å². The van der Waals surface area contributed by atoms with Gasteiger partial charge in [-0.15, -0.1) is 22.0 Å². The summed E-state index contributed by atoms with van der Waals surface area (Å²) >= 11 is 4.94. The van der Waals surface area contributed by atoms with Gasteiger partial charge in [-0.2, -0.15) is 0 Å². The van der Waals surface area contributed by atoms with E-state index in [2.05, 4.69) is 15.2 Å². The van der Waals surface area contributed by atoms with E-state index in [-0.39, 0.29) is 0 Å². The number of nitrogens with zero attached hydrogens (tertiary/aromatic N) is 3. The number of aliphatic imine (C=N–C) groups is 1. The average molecular weight is 338 g/mol. The summed E-state index contributed by atoms with van der Waals surface area (Å²) < 4.78 is 6.09. The minimum atomic E-state index is 0.470. The highest BCUT2D eigenvalue weighted by Gasteiger charge is 2.21. The van der Waals surface area contributed by atoms with Crippen LogP contribution in [0.3, 0.4) is 0 Å². The van der Waals surface area contributed by atoms with Crippen molar-refractivity contribution in [1.82, 2.24) is 10.2 Å². The lowest BCUT2D eigenvalue weighted by molar-refractivity contribution is 0.415. The normalized spacial score (nSPS) is 17.8. The molecule has 21 heavy (non-hydrogen) atoms. The van der Waals surface area contributed by atoms with Crippen molar-refractivity contribution in [3.8, 4) is 5.75 Å². The van der Waals surface area contributed by atoms with Crippen LogP contribution in [0.25, 0.3) is 0 Å². The number of hydrogen-bond donors (Lipinski definition) is 1. The van der Waals surface area contributed by atoms with Crippen LogP contribution in [0.1, 0.15) is 5.56 Å². The van der Waals surface area contributed by atoms with Crippen LogP contribution >= 0.6 is 34.9 Å². The standard InChI is InChI=1S/C13H14N4OS3/c1-18-9-4-2-8(3-5-9)11-15-6-10(20-11)7-19-13-17-16-12(14)21-13/h2-5,10H,6-7H2,1H3,(H2,14,16). The maximum absolute atomic E-state index is 5.58. The van der Waals surface area contributed by atoms with Gasteiger partial charge < -0.3 is 10.5 Å². The summed E-state index contributed by atoms with van der Waals surface area (Å²) in [6.45, 7) is 0.841. The fraction of sp³-hybridized carbons (Fsp3) is 0.308. The molecule has 0 saturated heterocycles. The van der Waals surface area contributed by atoms with E-state index in [0.29, 0.717) is 10.4 Å². The van der Waals surface area contributed by atoms with Gasteiger partial charge in [-0.1, -0.05) is 23.1 Å². The van der Waals surface area contributed by atoms with Crippen molar-refractivity contribution in [3.63, 3.8) is 0 Å². The van der Waals surface area contributed by atoms with Crippen molar-refractivity contribution in [2.75, 3.05) is 25.1 Å². The molecule has 0 radical (unpaired) electrons. The van der Waals surface area contributed by atoms with Crippen molar-refractivity contribution < 1.29 is 4.74 Å². The second-order valence-electron chi connectivity index (χ2n) is 4.33. The topological polar surface area (TPSA) is 73.4 Å². The zero-order valence-electron chi connectivity index (χ0n) is 11.4. The SMILES string of the molecule is COc1ccc(C2=NCC(CSc3nnc(N)s3)S2)cc1. The average Bonchev–Trinajstić information content (AvgIpc) is 3.14. The quantitative estimate of drug-likeness (QED) is 0.845. The Hall–Kier alpha value is -1.25. The van der Waals surface area contributed by atoms with Gasteiger partial charge >= 0.3 is 0 Å². The van der Waals surface area contributed by atoms with Crippen LogP contribution in [0.5, 0.6) is 5.75 Å². The number of methoxy groups -OCH3 is 1. The fourth-order valence-corrected chi connectivity index (χ4v) is 4.77. The Morgan fingerprint density at radius 2 is 2.14 bits per heavy atom. The fourth-order valence-electron chi connectivity index (χ4n) is 1.84. The van der Waals surface area contributed by atoms with Gasteiger partial charge in [0.1, 0.15) is 5.75 Å². The van der Waals surface area contributed by atoms with Crippen molar-refractivity contribution in [2.24, 2.45) is 4.99 Å². The lowest BCUT2D eigenvalue weighted by Gasteiger charge is -2.06. The smallest absolute Gasteiger partial charge is 0.203 e. The predicted molar refractivity (Wildman–Crippen MR) is 90.8 cm³/mol. The maximum Gasteiger partial charge on any atom is 0.203 e. The number of ether oxygens (including phenoxy) is 1. The van der Waals surface area contributed by atoms with Gasteiger partial charge in [-0.3, -0.25) is 4.99 Å². The van der Waals surface area contributed by atoms with Crippen LogP contribution in [-0.2, 0) is 0 Å². The molecule has 0 spiro atoms. The van der Waals surface area contributed by atoms with Crippen molar-refractivity contribution in [3.05, 3.63) is 29.8 Å². The van der Waals surface area contributed by atoms with Gasteiger partial charge in [0.25, 0.3) is 0 Å². The number of hydrogen-bond acceptors (Lipinski definition) is 8. The zero-order valence-corrected chi connectivity index (χ0v) is 13.8. The molecule has 1 aliphatic heterocycles. The first-order valence-electron chi connectivity index (χ1n) is 6.32. The highest BCUT2D eigenvalue weighted by atomic mass is 32.2. The molecule has 0 saturated carbocycles. The molecule has 0 aliphatic carbocycles. The van der Waals surface area contributed by atoms with E-state index >= 15 is 0 Å². The number of aromatic nitrogens is 2. The maximum atomic E-state index is 5.58. The number of benzene rings is 1. The zero-order chi connectivity index (χ0) is 14.7. The minimum absolute atomic E-state index is 0.470. The third kappa shape index (κ3) is 3.69. The number of rotatable bonds is 5. The molecule has 0 amide bonds. The monoisotopic (exact) mass is 338 g/mol. The molecule has 3 rings (SSSR count). The van der Waals surface area contributed by atoms with E-state index in [1.165, 1.54) is 11.3 Å². The van der Waals surface area contributed by atoms with Crippen molar-refractivity contribution in [1.29, 1.82) is 0 Å². The van der Waals surface area contributed by atoms with E-state index in [1.54, 1.807) is 18.9 Å². The van der Waals surface area contributed by atoms with E-state index in [1.807, 2.05) is 36.0 Å². The summed E-state index contributed by atoms with van der Waals surface area (Å²) in [5.41, 5.74) is 6.72. The summed E-state index contributed by atoms with van der Waals surface area (Å²) in [7, 11) is 1.67. The Labute approximate surface area is 135 Å². The first kappa shape index (κ1) is 14.7. The lowest BCUT2D eigenvalue weighted by atomic mass is 10.2. The van der Waals surface area contributed by atoms with Crippen molar-refractivity contribution >= 4 is 45.0 Å². The second-order valence-corrected chi connectivity index (χ2v) is 7.90. The van der Waals surface area contributed by atoms with Crippen LogP contribution in [0.2, 0.25) is 0 Å². The molecule has 1 unspecified atom stereocenters. The van der Waals surface area contributed by atoms with E-state index in [0.717, 1.165) is 33.0 Å². The summed E-state index contributed by atoms with van der Waals surface area (Å²) in [6.07, 6.45) is 0. The number of anilines is 1. The molecule has 5 nitrogen and oxygen atoms in total. The molecule has 0 bridgehead atoms. The Kier molecular flexibility index (Phi) is 4.67. The Morgan fingerprint density at radius 1 is 1.33 bits per heavy atom. The predicted octanol–water partition coefficient (Wildman–Crippen LogP) is 2.78. The summed E-state index contributed by atoms with van der Waals surface area (Å²) in [4.78, 5) is 4.63. The second kappa shape index (κ2) is 6.67.